The summed E-state index contributed by atoms with van der Waals surface area (Å²) in [6.45, 7) is 0. The van der Waals surface area contributed by atoms with E-state index in [4.69, 9.17) is 18.9 Å². The lowest BCUT2D eigenvalue weighted by Crippen LogP contribution is -2.05. The molecule has 4 nitrogen and oxygen atoms in total. The number of hydrogen-bond acceptors (Lipinski definition) is 4. The molecule has 0 unspecified atom stereocenters. The van der Waals surface area contributed by atoms with Crippen LogP contribution >= 0.6 is 0 Å². The molecule has 3 rings (SSSR count). The first kappa shape index (κ1) is 19.5. The van der Waals surface area contributed by atoms with Crippen molar-refractivity contribution >= 4 is 0 Å². The first-order valence-electron chi connectivity index (χ1n) is 8.80. The number of ether oxygens (including phenoxy) is 4. The average molecular weight is 382 g/mol. The van der Waals surface area contributed by atoms with Crippen molar-refractivity contribution in [3.63, 3.8) is 0 Å². The van der Waals surface area contributed by atoms with E-state index in [9.17, 15) is 4.39 Å². The van der Waals surface area contributed by atoms with Crippen LogP contribution in [0.15, 0.2) is 60.7 Å². The first-order valence-corrected chi connectivity index (χ1v) is 8.80. The molecule has 5 heteroatoms. The lowest BCUT2D eigenvalue weighted by molar-refractivity contribution is 0.354. The molecule has 0 saturated carbocycles. The minimum absolute atomic E-state index is 0.227. The molecule has 0 aromatic heterocycles. The number of halogens is 1. The summed E-state index contributed by atoms with van der Waals surface area (Å²) in [6, 6.07) is 18.0. The minimum atomic E-state index is -0.288. The van der Waals surface area contributed by atoms with E-state index in [0.29, 0.717) is 23.0 Å². The maximum absolute atomic E-state index is 14.0. The summed E-state index contributed by atoms with van der Waals surface area (Å²) >= 11 is 0. The number of benzene rings is 3. The molecule has 3 aromatic carbocycles. The van der Waals surface area contributed by atoms with Gasteiger partial charge in [0, 0.05) is 5.92 Å². The molecule has 0 bridgehead atoms. The molecule has 0 heterocycles. The lowest BCUT2D eigenvalue weighted by Gasteiger charge is -2.21. The van der Waals surface area contributed by atoms with E-state index in [1.165, 1.54) is 12.1 Å². The van der Waals surface area contributed by atoms with Gasteiger partial charge in [0.1, 0.15) is 5.82 Å². The Morgan fingerprint density at radius 3 is 1.46 bits per heavy atom. The number of rotatable bonds is 7. The van der Waals surface area contributed by atoms with Gasteiger partial charge in [-0.05, 0) is 53.1 Å². The SMILES string of the molecule is COc1ccc(C(c2cccc(F)c2)c2ccc(OC)c(OC)c2)cc1OC. The fourth-order valence-electron chi connectivity index (χ4n) is 3.33. The molecule has 0 radical (unpaired) electrons. The fraction of sp³-hybridized carbons (Fsp3) is 0.217. The molecule has 3 aromatic rings. The van der Waals surface area contributed by atoms with E-state index in [1.807, 2.05) is 42.5 Å². The average Bonchev–Trinajstić information content (AvgIpc) is 2.73. The molecule has 0 amide bonds. The Hall–Kier alpha value is -3.21. The zero-order valence-electron chi connectivity index (χ0n) is 16.4. The Labute approximate surface area is 164 Å². The van der Waals surface area contributed by atoms with Gasteiger partial charge in [0.05, 0.1) is 28.4 Å². The van der Waals surface area contributed by atoms with Crippen molar-refractivity contribution < 1.29 is 23.3 Å². The van der Waals surface area contributed by atoms with Gasteiger partial charge in [-0.25, -0.2) is 4.39 Å². The maximum atomic E-state index is 14.0. The maximum Gasteiger partial charge on any atom is 0.161 e. The van der Waals surface area contributed by atoms with Gasteiger partial charge in [-0.1, -0.05) is 24.3 Å². The standard InChI is InChI=1S/C23H23FO4/c1-25-19-10-8-16(13-21(19)27-3)23(15-6-5-7-18(24)12-15)17-9-11-20(26-2)22(14-17)28-4/h5-14,23H,1-4H3. The quantitative estimate of drug-likeness (QED) is 0.537. The lowest BCUT2D eigenvalue weighted by atomic mass is 9.85. The Kier molecular flexibility index (Phi) is 6.04. The molecule has 0 aliphatic carbocycles. The number of hydrogen-bond donors (Lipinski definition) is 0. The van der Waals surface area contributed by atoms with Crippen LogP contribution in [0.4, 0.5) is 4.39 Å². The highest BCUT2D eigenvalue weighted by molar-refractivity contribution is 5.53. The Morgan fingerprint density at radius 2 is 1.04 bits per heavy atom. The first-order chi connectivity index (χ1) is 13.6. The van der Waals surface area contributed by atoms with E-state index in [0.717, 1.165) is 16.7 Å². The van der Waals surface area contributed by atoms with Gasteiger partial charge in [-0.3, -0.25) is 0 Å². The van der Waals surface area contributed by atoms with Crippen LogP contribution in [-0.4, -0.2) is 28.4 Å². The molecule has 0 fully saturated rings. The van der Waals surface area contributed by atoms with Crippen molar-refractivity contribution in [2.75, 3.05) is 28.4 Å². The third kappa shape index (κ3) is 3.88. The van der Waals surface area contributed by atoms with Gasteiger partial charge in [0.2, 0.25) is 0 Å². The van der Waals surface area contributed by atoms with Crippen molar-refractivity contribution in [2.24, 2.45) is 0 Å². The van der Waals surface area contributed by atoms with Crippen LogP contribution in [-0.2, 0) is 0 Å². The van der Waals surface area contributed by atoms with Crippen LogP contribution in [0.1, 0.15) is 22.6 Å². The topological polar surface area (TPSA) is 36.9 Å². The molecular formula is C23H23FO4. The molecule has 0 atom stereocenters. The highest BCUT2D eigenvalue weighted by Gasteiger charge is 2.21. The van der Waals surface area contributed by atoms with Crippen molar-refractivity contribution in [1.29, 1.82) is 0 Å². The van der Waals surface area contributed by atoms with Crippen molar-refractivity contribution in [3.8, 4) is 23.0 Å². The third-order valence-corrected chi connectivity index (χ3v) is 4.66. The fourth-order valence-corrected chi connectivity index (χ4v) is 3.33. The van der Waals surface area contributed by atoms with Crippen LogP contribution < -0.4 is 18.9 Å². The van der Waals surface area contributed by atoms with Gasteiger partial charge in [0.25, 0.3) is 0 Å². The van der Waals surface area contributed by atoms with E-state index in [-0.39, 0.29) is 11.7 Å². The summed E-state index contributed by atoms with van der Waals surface area (Å²) in [6.07, 6.45) is 0. The Morgan fingerprint density at radius 1 is 0.571 bits per heavy atom. The predicted octanol–water partition coefficient (Wildman–Crippen LogP) is 5.04. The summed E-state index contributed by atoms with van der Waals surface area (Å²) in [5, 5.41) is 0. The molecule has 0 N–H and O–H groups in total. The Bertz CT molecular complexity index is 900. The third-order valence-electron chi connectivity index (χ3n) is 4.66. The Balaban J connectivity index is 2.19. The zero-order valence-corrected chi connectivity index (χ0v) is 16.4. The van der Waals surface area contributed by atoms with Crippen LogP contribution in [0.25, 0.3) is 0 Å². The second kappa shape index (κ2) is 8.65. The van der Waals surface area contributed by atoms with Crippen molar-refractivity contribution in [1.82, 2.24) is 0 Å². The van der Waals surface area contributed by atoms with E-state index in [1.54, 1.807) is 34.5 Å². The van der Waals surface area contributed by atoms with Crippen LogP contribution in [0.2, 0.25) is 0 Å². The van der Waals surface area contributed by atoms with Crippen LogP contribution in [0, 0.1) is 5.82 Å². The molecule has 0 saturated heterocycles. The van der Waals surface area contributed by atoms with Crippen LogP contribution in [0.5, 0.6) is 23.0 Å². The second-order valence-electron chi connectivity index (χ2n) is 6.22. The summed E-state index contributed by atoms with van der Waals surface area (Å²) in [4.78, 5) is 0. The van der Waals surface area contributed by atoms with Gasteiger partial charge in [-0.15, -0.1) is 0 Å². The summed E-state index contributed by atoms with van der Waals surface area (Å²) in [5.41, 5.74) is 2.70. The summed E-state index contributed by atoms with van der Waals surface area (Å²) in [5.74, 6) is 1.98. The second-order valence-corrected chi connectivity index (χ2v) is 6.22. The number of methoxy groups -OCH3 is 4. The summed E-state index contributed by atoms with van der Waals surface area (Å²) < 4.78 is 35.6. The van der Waals surface area contributed by atoms with Gasteiger partial charge in [0.15, 0.2) is 23.0 Å². The minimum Gasteiger partial charge on any atom is -0.493 e. The smallest absolute Gasteiger partial charge is 0.161 e. The van der Waals surface area contributed by atoms with Gasteiger partial charge >= 0.3 is 0 Å². The zero-order chi connectivity index (χ0) is 20.1. The molecule has 146 valence electrons. The van der Waals surface area contributed by atoms with Crippen molar-refractivity contribution in [3.05, 3.63) is 83.2 Å². The van der Waals surface area contributed by atoms with Crippen LogP contribution in [0.3, 0.4) is 0 Å². The van der Waals surface area contributed by atoms with E-state index < -0.39 is 0 Å². The summed E-state index contributed by atoms with van der Waals surface area (Å²) in [7, 11) is 6.37. The molecule has 0 aliphatic heterocycles. The predicted molar refractivity (Wildman–Crippen MR) is 106 cm³/mol. The molecule has 28 heavy (non-hydrogen) atoms. The van der Waals surface area contributed by atoms with E-state index in [2.05, 4.69) is 0 Å². The van der Waals surface area contributed by atoms with Gasteiger partial charge in [-0.2, -0.15) is 0 Å². The normalized spacial score (nSPS) is 10.6. The monoisotopic (exact) mass is 382 g/mol. The molecule has 0 spiro atoms. The molecular weight excluding hydrogens is 359 g/mol. The highest BCUT2D eigenvalue weighted by Crippen LogP contribution is 2.40. The molecule has 0 aliphatic rings. The van der Waals surface area contributed by atoms with Gasteiger partial charge < -0.3 is 18.9 Å². The van der Waals surface area contributed by atoms with E-state index >= 15 is 0 Å². The highest BCUT2D eigenvalue weighted by atomic mass is 19.1. The largest absolute Gasteiger partial charge is 0.493 e. The van der Waals surface area contributed by atoms with Crippen molar-refractivity contribution in [2.45, 2.75) is 5.92 Å².